The topological polar surface area (TPSA) is 3.24 Å². The maximum Gasteiger partial charge on any atom is 0.124 e. The Bertz CT molecular complexity index is 411. The largest absolute Gasteiger partial charge is 0.299 e. The minimum absolute atomic E-state index is 0.178. The summed E-state index contributed by atoms with van der Waals surface area (Å²) in [5.41, 5.74) is 1.70. The smallest absolute Gasteiger partial charge is 0.124 e. The highest BCUT2D eigenvalue weighted by atomic mass is 79.9. The van der Waals surface area contributed by atoms with Crippen LogP contribution in [0.1, 0.15) is 38.7 Å². The Labute approximate surface area is 118 Å². The van der Waals surface area contributed by atoms with Crippen molar-refractivity contribution >= 4 is 15.9 Å². The van der Waals surface area contributed by atoms with E-state index in [4.69, 9.17) is 0 Å². The third kappa shape index (κ3) is 3.33. The van der Waals surface area contributed by atoms with Crippen LogP contribution in [0.5, 0.6) is 0 Å². The van der Waals surface area contributed by atoms with Crippen LogP contribution in [-0.2, 0) is 6.54 Å². The van der Waals surface area contributed by atoms with Gasteiger partial charge in [-0.3, -0.25) is 4.90 Å². The number of rotatable bonds is 3. The molecular formula is C15H21BrFN. The molecular weight excluding hydrogens is 293 g/mol. The summed E-state index contributed by atoms with van der Waals surface area (Å²) in [5.74, 6) is -0.178. The van der Waals surface area contributed by atoms with Crippen molar-refractivity contribution < 1.29 is 4.39 Å². The second-order valence-corrected chi connectivity index (χ2v) is 6.53. The van der Waals surface area contributed by atoms with Crippen molar-refractivity contribution in [3.05, 3.63) is 34.1 Å². The molecule has 1 heterocycles. The number of benzene rings is 1. The van der Waals surface area contributed by atoms with Gasteiger partial charge in [0.15, 0.2) is 0 Å². The first kappa shape index (κ1) is 14.0. The number of hydrogen-bond donors (Lipinski definition) is 0. The standard InChI is InChI=1S/C15H21BrFN/c1-3-15(2)6-8-18(9-7-15)11-12-4-5-13(17)10-14(12)16/h4-5,10H,3,6-9,11H2,1-2H3. The minimum atomic E-state index is -0.178. The van der Waals surface area contributed by atoms with E-state index in [1.54, 1.807) is 12.1 Å². The van der Waals surface area contributed by atoms with E-state index < -0.39 is 0 Å². The van der Waals surface area contributed by atoms with E-state index in [1.807, 2.05) is 6.07 Å². The second kappa shape index (κ2) is 5.70. The minimum Gasteiger partial charge on any atom is -0.299 e. The molecule has 1 aliphatic heterocycles. The molecule has 1 fully saturated rings. The van der Waals surface area contributed by atoms with Gasteiger partial charge >= 0.3 is 0 Å². The molecule has 0 bridgehead atoms. The maximum atomic E-state index is 13.0. The van der Waals surface area contributed by atoms with Gasteiger partial charge in [0.1, 0.15) is 5.82 Å². The molecule has 0 aliphatic carbocycles. The predicted octanol–water partition coefficient (Wildman–Crippen LogP) is 4.60. The van der Waals surface area contributed by atoms with Gasteiger partial charge < -0.3 is 0 Å². The monoisotopic (exact) mass is 313 g/mol. The third-order valence-corrected chi connectivity index (χ3v) is 5.06. The zero-order chi connectivity index (χ0) is 13.2. The maximum absolute atomic E-state index is 13.0. The highest BCUT2D eigenvalue weighted by Crippen LogP contribution is 2.34. The van der Waals surface area contributed by atoms with Gasteiger partial charge in [-0.15, -0.1) is 0 Å². The summed E-state index contributed by atoms with van der Waals surface area (Å²) < 4.78 is 13.9. The molecule has 0 atom stereocenters. The number of nitrogens with zero attached hydrogens (tertiary/aromatic N) is 1. The van der Waals surface area contributed by atoms with E-state index in [0.29, 0.717) is 5.41 Å². The predicted molar refractivity (Wildman–Crippen MR) is 77.0 cm³/mol. The summed E-state index contributed by atoms with van der Waals surface area (Å²) in [6, 6.07) is 4.97. The molecule has 2 rings (SSSR count). The molecule has 0 aromatic heterocycles. The second-order valence-electron chi connectivity index (χ2n) is 5.68. The lowest BCUT2D eigenvalue weighted by Crippen LogP contribution is -2.37. The molecule has 0 unspecified atom stereocenters. The molecule has 1 aromatic rings. The van der Waals surface area contributed by atoms with Crippen molar-refractivity contribution in [3.8, 4) is 0 Å². The molecule has 1 aliphatic rings. The van der Waals surface area contributed by atoms with Gasteiger partial charge in [-0.2, -0.15) is 0 Å². The van der Waals surface area contributed by atoms with E-state index in [9.17, 15) is 4.39 Å². The van der Waals surface area contributed by atoms with Crippen LogP contribution in [-0.4, -0.2) is 18.0 Å². The number of piperidine rings is 1. The third-order valence-electron chi connectivity index (χ3n) is 4.33. The van der Waals surface area contributed by atoms with Crippen molar-refractivity contribution in [2.24, 2.45) is 5.41 Å². The summed E-state index contributed by atoms with van der Waals surface area (Å²) in [6.45, 7) is 7.88. The van der Waals surface area contributed by atoms with E-state index in [2.05, 4.69) is 34.7 Å². The molecule has 0 radical (unpaired) electrons. The van der Waals surface area contributed by atoms with E-state index in [0.717, 1.165) is 24.1 Å². The number of likely N-dealkylation sites (tertiary alicyclic amines) is 1. The summed E-state index contributed by atoms with van der Waals surface area (Å²) in [5, 5.41) is 0. The molecule has 0 spiro atoms. The summed E-state index contributed by atoms with van der Waals surface area (Å²) in [4.78, 5) is 2.47. The Morgan fingerprint density at radius 3 is 2.56 bits per heavy atom. The average molecular weight is 314 g/mol. The Morgan fingerprint density at radius 1 is 1.33 bits per heavy atom. The lowest BCUT2D eigenvalue weighted by Gasteiger charge is -2.39. The van der Waals surface area contributed by atoms with Crippen molar-refractivity contribution in [2.45, 2.75) is 39.7 Å². The molecule has 0 amide bonds. The first-order valence-electron chi connectivity index (χ1n) is 6.69. The van der Waals surface area contributed by atoms with Gasteiger partial charge in [0.2, 0.25) is 0 Å². The normalized spacial score (nSPS) is 20.0. The van der Waals surface area contributed by atoms with Gasteiger partial charge in [0.25, 0.3) is 0 Å². The van der Waals surface area contributed by atoms with Crippen LogP contribution >= 0.6 is 15.9 Å². The van der Waals surface area contributed by atoms with Crippen LogP contribution in [0.3, 0.4) is 0 Å². The summed E-state index contributed by atoms with van der Waals surface area (Å²) in [6.07, 6.45) is 3.80. The van der Waals surface area contributed by atoms with Gasteiger partial charge in [-0.05, 0) is 49.0 Å². The van der Waals surface area contributed by atoms with Crippen LogP contribution in [0.15, 0.2) is 22.7 Å². The lowest BCUT2D eigenvalue weighted by molar-refractivity contribution is 0.109. The Morgan fingerprint density at radius 2 is 2.00 bits per heavy atom. The van der Waals surface area contributed by atoms with Crippen LogP contribution in [0, 0.1) is 11.2 Å². The van der Waals surface area contributed by atoms with E-state index in [1.165, 1.54) is 24.8 Å². The van der Waals surface area contributed by atoms with Crippen molar-refractivity contribution in [1.82, 2.24) is 4.90 Å². The number of hydrogen-bond acceptors (Lipinski definition) is 1. The lowest BCUT2D eigenvalue weighted by atomic mass is 9.78. The van der Waals surface area contributed by atoms with Gasteiger partial charge in [0, 0.05) is 11.0 Å². The van der Waals surface area contributed by atoms with Crippen molar-refractivity contribution in [3.63, 3.8) is 0 Å². The highest BCUT2D eigenvalue weighted by molar-refractivity contribution is 9.10. The quantitative estimate of drug-likeness (QED) is 0.788. The molecule has 1 saturated heterocycles. The van der Waals surface area contributed by atoms with Gasteiger partial charge in [-0.1, -0.05) is 42.3 Å². The van der Waals surface area contributed by atoms with Gasteiger partial charge in [-0.25, -0.2) is 4.39 Å². The molecule has 18 heavy (non-hydrogen) atoms. The van der Waals surface area contributed by atoms with Crippen molar-refractivity contribution in [2.75, 3.05) is 13.1 Å². The molecule has 0 saturated carbocycles. The summed E-state index contributed by atoms with van der Waals surface area (Å²) in [7, 11) is 0. The van der Waals surface area contributed by atoms with Crippen LogP contribution in [0.25, 0.3) is 0 Å². The van der Waals surface area contributed by atoms with E-state index in [-0.39, 0.29) is 5.82 Å². The first-order valence-corrected chi connectivity index (χ1v) is 7.48. The van der Waals surface area contributed by atoms with Crippen LogP contribution in [0.2, 0.25) is 0 Å². The zero-order valence-electron chi connectivity index (χ0n) is 11.2. The van der Waals surface area contributed by atoms with Crippen LogP contribution in [0.4, 0.5) is 4.39 Å². The van der Waals surface area contributed by atoms with Crippen LogP contribution < -0.4 is 0 Å². The molecule has 100 valence electrons. The average Bonchev–Trinajstić information content (AvgIpc) is 2.36. The Kier molecular flexibility index (Phi) is 4.44. The Balaban J connectivity index is 1.95. The number of halogens is 2. The molecule has 1 aromatic carbocycles. The van der Waals surface area contributed by atoms with E-state index >= 15 is 0 Å². The highest BCUT2D eigenvalue weighted by Gasteiger charge is 2.28. The zero-order valence-corrected chi connectivity index (χ0v) is 12.8. The van der Waals surface area contributed by atoms with Crippen molar-refractivity contribution in [1.29, 1.82) is 0 Å². The fourth-order valence-electron chi connectivity index (χ4n) is 2.50. The Hall–Kier alpha value is -0.410. The molecule has 1 nitrogen and oxygen atoms in total. The first-order chi connectivity index (χ1) is 8.52. The van der Waals surface area contributed by atoms with Gasteiger partial charge in [0.05, 0.1) is 0 Å². The summed E-state index contributed by atoms with van der Waals surface area (Å²) >= 11 is 3.44. The SMILES string of the molecule is CCC1(C)CCN(Cc2ccc(F)cc2Br)CC1. The fraction of sp³-hybridized carbons (Fsp3) is 0.600. The molecule has 3 heteroatoms. The fourth-order valence-corrected chi connectivity index (χ4v) is 2.97. The molecule has 0 N–H and O–H groups in total.